The lowest BCUT2D eigenvalue weighted by Crippen LogP contribution is -2.22. The van der Waals surface area contributed by atoms with Crippen molar-refractivity contribution in [1.29, 1.82) is 0 Å². The molecular formula is C12H22N6S. The van der Waals surface area contributed by atoms with Gasteiger partial charge in [0.05, 0.1) is 0 Å². The molecule has 0 radical (unpaired) electrons. The van der Waals surface area contributed by atoms with Crippen molar-refractivity contribution in [2.24, 2.45) is 0 Å². The van der Waals surface area contributed by atoms with Crippen LogP contribution in [0.3, 0.4) is 0 Å². The number of nitrogens with one attached hydrogen (secondary N) is 2. The van der Waals surface area contributed by atoms with Crippen LogP contribution >= 0.6 is 11.8 Å². The number of nitrogens with zero attached hydrogens (tertiary/aromatic N) is 4. The zero-order valence-corrected chi connectivity index (χ0v) is 12.5. The number of rotatable bonds is 7. The molecule has 1 aliphatic heterocycles. The van der Waals surface area contributed by atoms with Gasteiger partial charge in [-0.05, 0) is 26.0 Å². The van der Waals surface area contributed by atoms with Crippen LogP contribution in [-0.4, -0.2) is 53.1 Å². The molecule has 1 aromatic heterocycles. The Balaban J connectivity index is 2.11. The average Bonchev–Trinajstić information content (AvgIpc) is 2.93. The van der Waals surface area contributed by atoms with E-state index in [4.69, 9.17) is 0 Å². The summed E-state index contributed by atoms with van der Waals surface area (Å²) in [5, 5.41) is 6.43. The number of aromatic nitrogens is 3. The Kier molecular flexibility index (Phi) is 5.50. The molecule has 0 aliphatic carbocycles. The van der Waals surface area contributed by atoms with E-state index in [1.807, 2.05) is 6.92 Å². The van der Waals surface area contributed by atoms with Gasteiger partial charge in [0.15, 0.2) is 0 Å². The van der Waals surface area contributed by atoms with Crippen molar-refractivity contribution in [3.05, 3.63) is 0 Å². The first kappa shape index (κ1) is 14.2. The number of anilines is 3. The summed E-state index contributed by atoms with van der Waals surface area (Å²) in [7, 11) is 0. The van der Waals surface area contributed by atoms with Crippen molar-refractivity contribution in [3.63, 3.8) is 0 Å². The molecule has 1 saturated heterocycles. The third kappa shape index (κ3) is 4.12. The maximum atomic E-state index is 4.51. The van der Waals surface area contributed by atoms with Gasteiger partial charge in [0.25, 0.3) is 0 Å². The number of thioether (sulfide) groups is 1. The fourth-order valence-electron chi connectivity index (χ4n) is 2.00. The molecule has 2 N–H and O–H groups in total. The third-order valence-electron chi connectivity index (χ3n) is 2.94. The van der Waals surface area contributed by atoms with Gasteiger partial charge in [0.1, 0.15) is 0 Å². The minimum absolute atomic E-state index is 0.658. The quantitative estimate of drug-likeness (QED) is 0.738. The molecule has 0 atom stereocenters. The van der Waals surface area contributed by atoms with E-state index in [9.17, 15) is 0 Å². The highest BCUT2D eigenvalue weighted by molar-refractivity contribution is 7.98. The summed E-state index contributed by atoms with van der Waals surface area (Å²) in [5.41, 5.74) is 0. The van der Waals surface area contributed by atoms with E-state index in [-0.39, 0.29) is 0 Å². The van der Waals surface area contributed by atoms with E-state index in [1.54, 1.807) is 11.8 Å². The standard InChI is InChI=1S/C12H22N6S/c1-3-13-10-15-11(14-6-9-19-2)17-12(16-10)18-7-4-5-8-18/h3-9H2,1-2H3,(H2,13,14,15,16,17). The van der Waals surface area contributed by atoms with Gasteiger partial charge in [-0.1, -0.05) is 0 Å². The second-order valence-corrected chi connectivity index (χ2v) is 5.41. The highest BCUT2D eigenvalue weighted by Gasteiger charge is 2.17. The molecule has 0 amide bonds. The van der Waals surface area contributed by atoms with E-state index >= 15 is 0 Å². The molecule has 6 nitrogen and oxygen atoms in total. The molecule has 2 heterocycles. The smallest absolute Gasteiger partial charge is 0.231 e. The summed E-state index contributed by atoms with van der Waals surface area (Å²) in [5.74, 6) is 3.16. The van der Waals surface area contributed by atoms with Crippen LogP contribution in [0.4, 0.5) is 17.8 Å². The predicted molar refractivity (Wildman–Crippen MR) is 82.3 cm³/mol. The fourth-order valence-corrected chi connectivity index (χ4v) is 2.31. The molecule has 7 heteroatoms. The first-order valence-corrected chi connectivity index (χ1v) is 8.20. The van der Waals surface area contributed by atoms with E-state index < -0.39 is 0 Å². The topological polar surface area (TPSA) is 66.0 Å². The normalized spacial score (nSPS) is 14.7. The van der Waals surface area contributed by atoms with Gasteiger partial charge < -0.3 is 15.5 Å². The van der Waals surface area contributed by atoms with Crippen molar-refractivity contribution in [2.45, 2.75) is 19.8 Å². The van der Waals surface area contributed by atoms with Crippen LogP contribution < -0.4 is 15.5 Å². The largest absolute Gasteiger partial charge is 0.354 e. The molecule has 1 fully saturated rings. The third-order valence-corrected chi connectivity index (χ3v) is 3.55. The van der Waals surface area contributed by atoms with Crippen LogP contribution in [-0.2, 0) is 0 Å². The summed E-state index contributed by atoms with van der Waals surface area (Å²) < 4.78 is 0. The van der Waals surface area contributed by atoms with Gasteiger partial charge in [0.2, 0.25) is 17.8 Å². The van der Waals surface area contributed by atoms with Crippen LogP contribution in [0.15, 0.2) is 0 Å². The van der Waals surface area contributed by atoms with E-state index in [0.29, 0.717) is 11.9 Å². The number of hydrogen-bond acceptors (Lipinski definition) is 7. The average molecular weight is 282 g/mol. The lowest BCUT2D eigenvalue weighted by Gasteiger charge is -2.17. The van der Waals surface area contributed by atoms with Gasteiger partial charge in [0, 0.05) is 31.9 Å². The molecule has 106 valence electrons. The van der Waals surface area contributed by atoms with Crippen LogP contribution in [0.2, 0.25) is 0 Å². The minimum Gasteiger partial charge on any atom is -0.354 e. The van der Waals surface area contributed by atoms with Crippen LogP contribution in [0.5, 0.6) is 0 Å². The first-order chi connectivity index (χ1) is 9.33. The molecule has 0 bridgehead atoms. The lowest BCUT2D eigenvalue weighted by atomic mass is 10.4. The summed E-state index contributed by atoms with van der Waals surface area (Å²) >= 11 is 1.81. The minimum atomic E-state index is 0.658. The number of hydrogen-bond donors (Lipinski definition) is 2. The van der Waals surface area contributed by atoms with Gasteiger partial charge in [-0.3, -0.25) is 0 Å². The molecule has 19 heavy (non-hydrogen) atoms. The van der Waals surface area contributed by atoms with Crippen LogP contribution in [0.1, 0.15) is 19.8 Å². The molecule has 1 aliphatic rings. The Bertz CT molecular complexity index is 394. The maximum Gasteiger partial charge on any atom is 0.231 e. The van der Waals surface area contributed by atoms with Gasteiger partial charge in [-0.25, -0.2) is 0 Å². The van der Waals surface area contributed by atoms with Gasteiger partial charge in [-0.2, -0.15) is 26.7 Å². The van der Waals surface area contributed by atoms with Crippen molar-refractivity contribution in [2.75, 3.05) is 53.7 Å². The fraction of sp³-hybridized carbons (Fsp3) is 0.750. The second-order valence-electron chi connectivity index (χ2n) is 4.43. The van der Waals surface area contributed by atoms with Crippen molar-refractivity contribution >= 4 is 29.6 Å². The molecule has 0 aromatic carbocycles. The maximum absolute atomic E-state index is 4.51. The molecule has 0 spiro atoms. The van der Waals surface area contributed by atoms with Gasteiger partial charge >= 0.3 is 0 Å². The van der Waals surface area contributed by atoms with E-state index in [0.717, 1.165) is 37.9 Å². The Hall–Kier alpha value is -1.24. The molecule has 1 aromatic rings. The van der Waals surface area contributed by atoms with Crippen molar-refractivity contribution in [3.8, 4) is 0 Å². The highest BCUT2D eigenvalue weighted by atomic mass is 32.2. The predicted octanol–water partition coefficient (Wildman–Crippen LogP) is 1.68. The highest BCUT2D eigenvalue weighted by Crippen LogP contribution is 2.18. The van der Waals surface area contributed by atoms with Crippen LogP contribution in [0.25, 0.3) is 0 Å². The van der Waals surface area contributed by atoms with Crippen molar-refractivity contribution in [1.82, 2.24) is 15.0 Å². The lowest BCUT2D eigenvalue weighted by molar-refractivity contribution is 0.877. The SMILES string of the molecule is CCNc1nc(NCCSC)nc(N2CCCC2)n1. The summed E-state index contributed by atoms with van der Waals surface area (Å²) in [6.07, 6.45) is 4.53. The summed E-state index contributed by atoms with van der Waals surface area (Å²) in [4.78, 5) is 15.6. The summed E-state index contributed by atoms with van der Waals surface area (Å²) in [6, 6.07) is 0. The van der Waals surface area contributed by atoms with Crippen molar-refractivity contribution < 1.29 is 0 Å². The first-order valence-electron chi connectivity index (χ1n) is 6.81. The monoisotopic (exact) mass is 282 g/mol. The van der Waals surface area contributed by atoms with E-state index in [2.05, 4.69) is 36.7 Å². The molecule has 0 unspecified atom stereocenters. The van der Waals surface area contributed by atoms with E-state index in [1.165, 1.54) is 12.8 Å². The summed E-state index contributed by atoms with van der Waals surface area (Å²) in [6.45, 7) is 5.81. The molecule has 0 saturated carbocycles. The zero-order valence-electron chi connectivity index (χ0n) is 11.6. The second kappa shape index (κ2) is 7.37. The van der Waals surface area contributed by atoms with Crippen LogP contribution in [0, 0.1) is 0 Å². The Morgan fingerprint density at radius 3 is 2.42 bits per heavy atom. The zero-order chi connectivity index (χ0) is 13.5. The Morgan fingerprint density at radius 1 is 1.11 bits per heavy atom. The Morgan fingerprint density at radius 2 is 1.79 bits per heavy atom. The molecule has 2 rings (SSSR count). The van der Waals surface area contributed by atoms with Gasteiger partial charge in [-0.15, -0.1) is 0 Å². The molecular weight excluding hydrogens is 260 g/mol. The Labute approximate surface area is 118 Å².